The Morgan fingerprint density at radius 1 is 1.00 bits per heavy atom. The second kappa shape index (κ2) is 8.81. The summed E-state index contributed by atoms with van der Waals surface area (Å²) in [5, 5.41) is 10.3. The Labute approximate surface area is 211 Å². The summed E-state index contributed by atoms with van der Waals surface area (Å²) in [4.78, 5) is 28.4. The van der Waals surface area contributed by atoms with Crippen LogP contribution in [-0.4, -0.2) is 35.0 Å². The molecule has 2 saturated carbocycles. The second-order valence-electron chi connectivity index (χ2n) is 10.5. The first kappa shape index (κ1) is 22.8. The molecule has 0 saturated heterocycles. The van der Waals surface area contributed by atoms with Crippen LogP contribution in [0.5, 0.6) is 5.75 Å². The van der Waals surface area contributed by atoms with Crippen molar-refractivity contribution in [3.8, 4) is 5.75 Å². The Kier molecular flexibility index (Phi) is 5.59. The number of carbonyl (C=O) groups is 2. The molecule has 184 valence electrons. The van der Waals surface area contributed by atoms with Crippen LogP contribution in [0, 0.1) is 5.92 Å². The molecule has 3 unspecified atom stereocenters. The van der Waals surface area contributed by atoms with Gasteiger partial charge in [0.2, 0.25) is 5.91 Å². The number of aliphatic carboxylic acids is 1. The van der Waals surface area contributed by atoms with Crippen LogP contribution < -0.4 is 4.74 Å². The molecule has 1 heterocycles. The van der Waals surface area contributed by atoms with E-state index in [1.54, 1.807) is 12.0 Å². The highest BCUT2D eigenvalue weighted by Gasteiger charge is 2.60. The summed E-state index contributed by atoms with van der Waals surface area (Å²) < 4.78 is 5.81. The summed E-state index contributed by atoms with van der Waals surface area (Å²) in [6, 6.07) is 22.4. The predicted octanol–water partition coefficient (Wildman–Crippen LogP) is 5.31. The molecule has 1 N–H and O–H groups in total. The van der Waals surface area contributed by atoms with Crippen LogP contribution in [0.3, 0.4) is 0 Å². The molecule has 0 radical (unpaired) electrons. The SMILES string of the molecule is COc1ccc2c(c1C13CCCC1C3)CC(C(=O)O)N(C(=O)C(c1ccccc1)c1ccccc1)C2. The molecule has 1 aliphatic heterocycles. The van der Waals surface area contributed by atoms with Crippen molar-refractivity contribution < 1.29 is 19.4 Å². The standard InChI is InChI=1S/C31H31NO4/c1-36-26-15-14-22-19-32(25(30(34)35)17-24(22)28(26)31-16-8-13-23(31)18-31)29(33)27(20-9-4-2-5-10-20)21-11-6-3-7-12-21/h2-7,9-12,14-15,23,25,27H,8,13,16-19H2,1H3,(H,34,35). The zero-order chi connectivity index (χ0) is 24.9. The van der Waals surface area contributed by atoms with Gasteiger partial charge in [-0.15, -0.1) is 0 Å². The molecular weight excluding hydrogens is 450 g/mol. The van der Waals surface area contributed by atoms with Crippen molar-refractivity contribution in [2.24, 2.45) is 5.92 Å². The van der Waals surface area contributed by atoms with Crippen molar-refractivity contribution in [2.45, 2.75) is 56.0 Å². The fourth-order valence-electron chi connectivity index (χ4n) is 6.91. The minimum absolute atomic E-state index is 0.128. The number of hydrogen-bond acceptors (Lipinski definition) is 3. The third kappa shape index (κ3) is 3.60. The van der Waals surface area contributed by atoms with Gasteiger partial charge in [-0.2, -0.15) is 0 Å². The third-order valence-corrected chi connectivity index (χ3v) is 8.69. The molecule has 5 heteroatoms. The minimum atomic E-state index is -0.959. The van der Waals surface area contributed by atoms with Gasteiger partial charge in [-0.05, 0) is 53.5 Å². The maximum Gasteiger partial charge on any atom is 0.326 e. The number of carboxylic acid groups (broad SMARTS) is 1. The lowest BCUT2D eigenvalue weighted by molar-refractivity contribution is -0.151. The smallest absolute Gasteiger partial charge is 0.326 e. The van der Waals surface area contributed by atoms with Crippen LogP contribution >= 0.6 is 0 Å². The van der Waals surface area contributed by atoms with Gasteiger partial charge in [0, 0.05) is 23.9 Å². The molecular formula is C31H31NO4. The summed E-state index contributed by atoms with van der Waals surface area (Å²) in [6.07, 6.45) is 5.04. The van der Waals surface area contributed by atoms with Crippen LogP contribution in [0.4, 0.5) is 0 Å². The van der Waals surface area contributed by atoms with E-state index in [0.717, 1.165) is 40.8 Å². The number of methoxy groups -OCH3 is 1. The van der Waals surface area contributed by atoms with Gasteiger partial charge in [0.05, 0.1) is 13.0 Å². The summed E-state index contributed by atoms with van der Waals surface area (Å²) >= 11 is 0. The van der Waals surface area contributed by atoms with Crippen molar-refractivity contribution in [1.29, 1.82) is 0 Å². The number of nitrogens with zero attached hydrogens (tertiary/aromatic N) is 1. The molecule has 2 fully saturated rings. The highest BCUT2D eigenvalue weighted by molar-refractivity contribution is 5.91. The summed E-state index contributed by atoms with van der Waals surface area (Å²) in [7, 11) is 1.70. The zero-order valence-corrected chi connectivity index (χ0v) is 20.5. The number of fused-ring (bicyclic) bond motifs is 2. The van der Waals surface area contributed by atoms with Gasteiger partial charge in [-0.3, -0.25) is 4.79 Å². The highest BCUT2D eigenvalue weighted by atomic mass is 16.5. The number of carbonyl (C=O) groups excluding carboxylic acids is 1. The van der Waals surface area contributed by atoms with Crippen molar-refractivity contribution in [1.82, 2.24) is 4.90 Å². The lowest BCUT2D eigenvalue weighted by Gasteiger charge is -2.38. The van der Waals surface area contributed by atoms with Crippen molar-refractivity contribution in [3.05, 3.63) is 101 Å². The molecule has 2 aliphatic carbocycles. The van der Waals surface area contributed by atoms with E-state index >= 15 is 0 Å². The van der Waals surface area contributed by atoms with Gasteiger partial charge in [0.1, 0.15) is 11.8 Å². The topological polar surface area (TPSA) is 66.8 Å². The molecule has 0 spiro atoms. The molecule has 3 aromatic rings. The largest absolute Gasteiger partial charge is 0.496 e. The lowest BCUT2D eigenvalue weighted by atomic mass is 9.80. The number of amides is 1. The molecule has 3 aliphatic rings. The van der Waals surface area contributed by atoms with E-state index in [1.807, 2.05) is 72.8 Å². The summed E-state index contributed by atoms with van der Waals surface area (Å²) in [6.45, 7) is 0.291. The van der Waals surface area contributed by atoms with Crippen LogP contribution in [0.25, 0.3) is 0 Å². The van der Waals surface area contributed by atoms with Crippen LogP contribution in [0.2, 0.25) is 0 Å². The Hall–Kier alpha value is -3.60. The first-order chi connectivity index (χ1) is 17.5. The van der Waals surface area contributed by atoms with Crippen molar-refractivity contribution >= 4 is 11.9 Å². The lowest BCUT2D eigenvalue weighted by Crippen LogP contribution is -2.50. The molecule has 3 aromatic carbocycles. The van der Waals surface area contributed by atoms with E-state index in [4.69, 9.17) is 4.74 Å². The van der Waals surface area contributed by atoms with Gasteiger partial charge in [-0.1, -0.05) is 73.2 Å². The molecule has 5 nitrogen and oxygen atoms in total. The number of rotatable bonds is 6. The molecule has 3 atom stereocenters. The van der Waals surface area contributed by atoms with Crippen molar-refractivity contribution in [3.63, 3.8) is 0 Å². The third-order valence-electron chi connectivity index (χ3n) is 8.69. The average Bonchev–Trinajstić information content (AvgIpc) is 3.47. The van der Waals surface area contributed by atoms with Gasteiger partial charge >= 0.3 is 5.97 Å². The van der Waals surface area contributed by atoms with Crippen molar-refractivity contribution in [2.75, 3.05) is 7.11 Å². The Morgan fingerprint density at radius 3 is 2.19 bits per heavy atom. The quantitative estimate of drug-likeness (QED) is 0.518. The van der Waals surface area contributed by atoms with E-state index in [0.29, 0.717) is 18.9 Å². The fraction of sp³-hybridized carbons (Fsp3) is 0.355. The maximum absolute atomic E-state index is 14.2. The van der Waals surface area contributed by atoms with Gasteiger partial charge in [0.25, 0.3) is 0 Å². The summed E-state index contributed by atoms with van der Waals surface area (Å²) in [5.41, 5.74) is 5.21. The highest BCUT2D eigenvalue weighted by Crippen LogP contribution is 2.67. The van der Waals surface area contributed by atoms with E-state index in [9.17, 15) is 14.7 Å². The van der Waals surface area contributed by atoms with E-state index < -0.39 is 17.9 Å². The van der Waals surface area contributed by atoms with E-state index in [2.05, 4.69) is 0 Å². The minimum Gasteiger partial charge on any atom is -0.496 e. The number of ether oxygens (including phenoxy) is 1. The molecule has 0 bridgehead atoms. The predicted molar refractivity (Wildman–Crippen MR) is 137 cm³/mol. The van der Waals surface area contributed by atoms with Crippen LogP contribution in [0.1, 0.15) is 59.4 Å². The second-order valence-corrected chi connectivity index (χ2v) is 10.5. The molecule has 6 rings (SSSR count). The fourth-order valence-corrected chi connectivity index (χ4v) is 6.91. The molecule has 1 amide bonds. The normalized spacial score (nSPS) is 24.2. The van der Waals surface area contributed by atoms with Crippen LogP contribution in [-0.2, 0) is 28.0 Å². The van der Waals surface area contributed by atoms with Gasteiger partial charge in [0.15, 0.2) is 0 Å². The zero-order valence-electron chi connectivity index (χ0n) is 20.5. The first-order valence-corrected chi connectivity index (χ1v) is 12.9. The Morgan fingerprint density at radius 2 is 1.67 bits per heavy atom. The number of benzene rings is 3. The number of carboxylic acids is 1. The van der Waals surface area contributed by atoms with Crippen LogP contribution in [0.15, 0.2) is 72.8 Å². The Balaban J connectivity index is 1.43. The molecule has 0 aromatic heterocycles. The molecule has 36 heavy (non-hydrogen) atoms. The number of hydrogen-bond donors (Lipinski definition) is 1. The maximum atomic E-state index is 14.2. The van der Waals surface area contributed by atoms with E-state index in [1.165, 1.54) is 18.4 Å². The van der Waals surface area contributed by atoms with Gasteiger partial charge in [-0.25, -0.2) is 4.79 Å². The van der Waals surface area contributed by atoms with Gasteiger partial charge < -0.3 is 14.7 Å². The Bertz CT molecular complexity index is 1270. The monoisotopic (exact) mass is 481 g/mol. The first-order valence-electron chi connectivity index (χ1n) is 12.9. The average molecular weight is 482 g/mol. The van der Waals surface area contributed by atoms with E-state index in [-0.39, 0.29) is 11.3 Å². The summed E-state index contributed by atoms with van der Waals surface area (Å²) in [5.74, 6) is -0.158.